The van der Waals surface area contributed by atoms with Gasteiger partial charge in [0.25, 0.3) is 0 Å². The summed E-state index contributed by atoms with van der Waals surface area (Å²) in [6.07, 6.45) is -0.504. The van der Waals surface area contributed by atoms with Crippen molar-refractivity contribution in [3.05, 3.63) is 53.1 Å². The molecule has 0 amide bonds. The molecule has 0 unspecified atom stereocenters. The average molecular weight is 449 g/mol. The number of fused-ring (bicyclic) bond motifs is 1. The first-order valence-electron chi connectivity index (χ1n) is 10.6. The highest BCUT2D eigenvalue weighted by Gasteiger charge is 2.20. The van der Waals surface area contributed by atoms with E-state index in [0.717, 1.165) is 50.0 Å². The number of rotatable bonds is 10. The van der Waals surface area contributed by atoms with E-state index in [2.05, 4.69) is 21.9 Å². The maximum atomic E-state index is 10.3. The zero-order valence-corrected chi connectivity index (χ0v) is 18.3. The molecule has 168 valence electrons. The van der Waals surface area contributed by atoms with Crippen LogP contribution < -0.4 is 14.2 Å². The molecule has 0 radical (unpaired) electrons. The molecule has 0 saturated carbocycles. The molecule has 0 aliphatic carbocycles. The smallest absolute Gasteiger partial charge is 0.231 e. The van der Waals surface area contributed by atoms with Crippen LogP contribution in [-0.4, -0.2) is 80.3 Å². The zero-order chi connectivity index (χ0) is 21.5. The summed E-state index contributed by atoms with van der Waals surface area (Å²) in [7, 11) is 0. The van der Waals surface area contributed by atoms with Crippen LogP contribution in [0.15, 0.2) is 42.5 Å². The van der Waals surface area contributed by atoms with Crippen molar-refractivity contribution in [1.29, 1.82) is 0 Å². The number of ether oxygens (including phenoxy) is 4. The number of β-amino-alcohol motifs (C(OH)–C–C–N with tert-alkyl or cyclic N) is 1. The lowest BCUT2D eigenvalue weighted by molar-refractivity contribution is -0.000438. The van der Waals surface area contributed by atoms with E-state index < -0.39 is 6.10 Å². The summed E-state index contributed by atoms with van der Waals surface area (Å²) in [5.41, 5.74) is 1.23. The van der Waals surface area contributed by atoms with Gasteiger partial charge in [-0.25, -0.2) is 0 Å². The van der Waals surface area contributed by atoms with Crippen LogP contribution in [0.2, 0.25) is 5.02 Å². The van der Waals surface area contributed by atoms with Crippen LogP contribution in [0.4, 0.5) is 0 Å². The van der Waals surface area contributed by atoms with Crippen molar-refractivity contribution in [1.82, 2.24) is 9.80 Å². The summed E-state index contributed by atoms with van der Waals surface area (Å²) in [5, 5.41) is 11.0. The minimum Gasteiger partial charge on any atom is -0.491 e. The fourth-order valence-corrected chi connectivity index (χ4v) is 3.87. The lowest BCUT2D eigenvalue weighted by atomic mass is 10.1. The summed E-state index contributed by atoms with van der Waals surface area (Å²) >= 11 is 5.85. The second-order valence-corrected chi connectivity index (χ2v) is 8.23. The van der Waals surface area contributed by atoms with Crippen LogP contribution in [0.1, 0.15) is 5.56 Å². The Morgan fingerprint density at radius 2 is 1.68 bits per heavy atom. The van der Waals surface area contributed by atoms with Crippen molar-refractivity contribution in [2.75, 3.05) is 59.3 Å². The number of benzene rings is 2. The Labute approximate surface area is 188 Å². The topological polar surface area (TPSA) is 63.6 Å². The predicted octanol–water partition coefficient (Wildman–Crippen LogP) is 2.64. The first-order valence-corrected chi connectivity index (χ1v) is 11.0. The second kappa shape index (κ2) is 11.0. The molecule has 2 aromatic rings. The Morgan fingerprint density at radius 1 is 0.935 bits per heavy atom. The van der Waals surface area contributed by atoms with Gasteiger partial charge in [0.05, 0.1) is 19.3 Å². The van der Waals surface area contributed by atoms with Gasteiger partial charge in [0.2, 0.25) is 6.79 Å². The molecule has 2 heterocycles. The highest BCUT2D eigenvalue weighted by Crippen LogP contribution is 2.32. The molecule has 2 aliphatic rings. The van der Waals surface area contributed by atoms with Crippen LogP contribution in [0, 0.1) is 0 Å². The third-order valence-electron chi connectivity index (χ3n) is 5.40. The molecule has 8 heteroatoms. The largest absolute Gasteiger partial charge is 0.491 e. The average Bonchev–Trinajstić information content (AvgIpc) is 3.24. The number of aliphatic hydroxyl groups excluding tert-OH is 1. The fourth-order valence-electron chi connectivity index (χ4n) is 3.75. The van der Waals surface area contributed by atoms with Crippen molar-refractivity contribution in [2.45, 2.75) is 12.6 Å². The molecule has 31 heavy (non-hydrogen) atoms. The number of hydrogen-bond donors (Lipinski definition) is 1. The Kier molecular flexibility index (Phi) is 7.88. The molecule has 1 N–H and O–H groups in total. The quantitative estimate of drug-likeness (QED) is 0.560. The normalized spacial score (nSPS) is 17.6. The molecule has 0 bridgehead atoms. The second-order valence-electron chi connectivity index (χ2n) is 7.80. The summed E-state index contributed by atoms with van der Waals surface area (Å²) in [5.74, 6) is 2.41. The fraction of sp³-hybridized carbons (Fsp3) is 0.478. The molecular formula is C23H29ClN2O5. The Hall–Kier alpha value is -2.03. The van der Waals surface area contributed by atoms with Crippen LogP contribution in [0.3, 0.4) is 0 Å². The van der Waals surface area contributed by atoms with Crippen molar-refractivity contribution in [2.24, 2.45) is 0 Å². The summed E-state index contributed by atoms with van der Waals surface area (Å²) < 4.78 is 22.0. The first-order chi connectivity index (χ1) is 15.2. The van der Waals surface area contributed by atoms with E-state index in [1.807, 2.05) is 18.2 Å². The van der Waals surface area contributed by atoms with Crippen LogP contribution in [0.5, 0.6) is 17.2 Å². The molecule has 2 aliphatic heterocycles. The lowest BCUT2D eigenvalue weighted by Gasteiger charge is -2.35. The Balaban J connectivity index is 1.08. The number of piperazine rings is 1. The van der Waals surface area contributed by atoms with Crippen molar-refractivity contribution in [3.63, 3.8) is 0 Å². The molecule has 7 nitrogen and oxygen atoms in total. The molecule has 4 rings (SSSR count). The highest BCUT2D eigenvalue weighted by atomic mass is 35.5. The van der Waals surface area contributed by atoms with E-state index in [1.54, 1.807) is 12.1 Å². The van der Waals surface area contributed by atoms with Gasteiger partial charge in [-0.1, -0.05) is 17.7 Å². The number of hydrogen-bond acceptors (Lipinski definition) is 7. The van der Waals surface area contributed by atoms with E-state index in [-0.39, 0.29) is 0 Å². The summed E-state index contributed by atoms with van der Waals surface area (Å²) in [6, 6.07) is 13.4. The molecule has 1 fully saturated rings. The van der Waals surface area contributed by atoms with E-state index in [0.29, 0.717) is 38.2 Å². The van der Waals surface area contributed by atoms with Crippen LogP contribution in [0.25, 0.3) is 0 Å². The molecule has 0 spiro atoms. The molecule has 1 atom stereocenters. The van der Waals surface area contributed by atoms with E-state index >= 15 is 0 Å². The van der Waals surface area contributed by atoms with Crippen LogP contribution in [-0.2, 0) is 11.3 Å². The van der Waals surface area contributed by atoms with Gasteiger partial charge < -0.3 is 24.1 Å². The van der Waals surface area contributed by atoms with Crippen LogP contribution >= 0.6 is 11.6 Å². The minimum atomic E-state index is -0.504. The van der Waals surface area contributed by atoms with Gasteiger partial charge in [0, 0.05) is 44.3 Å². The molecule has 0 aromatic heterocycles. The monoisotopic (exact) mass is 448 g/mol. The molecular weight excluding hydrogens is 420 g/mol. The van der Waals surface area contributed by atoms with E-state index in [9.17, 15) is 5.11 Å². The SMILES string of the molecule is O[C@H](COCCOc1ccc(Cl)cc1)CN1CCN(Cc2ccc3c(c2)OCO3)CC1. The van der Waals surface area contributed by atoms with Crippen molar-refractivity contribution < 1.29 is 24.1 Å². The number of halogens is 1. The maximum absolute atomic E-state index is 10.3. The highest BCUT2D eigenvalue weighted by molar-refractivity contribution is 6.30. The molecule has 1 saturated heterocycles. The lowest BCUT2D eigenvalue weighted by Crippen LogP contribution is -2.48. The minimum absolute atomic E-state index is 0.304. The van der Waals surface area contributed by atoms with Gasteiger partial charge in [0.1, 0.15) is 12.4 Å². The van der Waals surface area contributed by atoms with Gasteiger partial charge in [-0.2, -0.15) is 0 Å². The third kappa shape index (κ3) is 6.72. The number of nitrogens with zero attached hydrogens (tertiary/aromatic N) is 2. The Morgan fingerprint density at radius 3 is 2.48 bits per heavy atom. The van der Waals surface area contributed by atoms with Gasteiger partial charge >= 0.3 is 0 Å². The maximum Gasteiger partial charge on any atom is 0.231 e. The summed E-state index contributed by atoms with van der Waals surface area (Å²) in [4.78, 5) is 4.71. The van der Waals surface area contributed by atoms with Crippen molar-refractivity contribution >= 4 is 11.6 Å². The Bertz CT molecular complexity index is 827. The van der Waals surface area contributed by atoms with E-state index in [4.69, 9.17) is 30.5 Å². The summed E-state index contributed by atoms with van der Waals surface area (Å²) in [6.45, 7) is 6.80. The van der Waals surface area contributed by atoms with Crippen molar-refractivity contribution in [3.8, 4) is 17.2 Å². The van der Waals surface area contributed by atoms with Gasteiger partial charge in [-0.05, 0) is 42.0 Å². The van der Waals surface area contributed by atoms with Gasteiger partial charge in [0.15, 0.2) is 11.5 Å². The third-order valence-corrected chi connectivity index (χ3v) is 5.65. The van der Waals surface area contributed by atoms with Gasteiger partial charge in [-0.3, -0.25) is 9.80 Å². The van der Waals surface area contributed by atoms with Gasteiger partial charge in [-0.15, -0.1) is 0 Å². The zero-order valence-electron chi connectivity index (χ0n) is 17.5. The van der Waals surface area contributed by atoms with E-state index in [1.165, 1.54) is 5.56 Å². The number of aliphatic hydroxyl groups is 1. The predicted molar refractivity (Wildman–Crippen MR) is 118 cm³/mol. The molecule has 2 aromatic carbocycles. The first kappa shape index (κ1) is 22.2. The standard InChI is InChI=1S/C23H29ClN2O5/c24-19-2-4-21(5-3-19)29-12-11-28-16-20(27)15-26-9-7-25(8-10-26)14-18-1-6-22-23(13-18)31-17-30-22/h1-6,13,20,27H,7-12,14-17H2/t20-/m0/s1.